The number of thiazole rings is 1. The first kappa shape index (κ1) is 22.2. The van der Waals surface area contributed by atoms with Gasteiger partial charge in [-0.3, -0.25) is 24.3 Å². The van der Waals surface area contributed by atoms with Crippen molar-refractivity contribution in [1.82, 2.24) is 4.57 Å². The number of ketones is 1. The zero-order valence-corrected chi connectivity index (χ0v) is 17.7. The van der Waals surface area contributed by atoms with Crippen LogP contribution in [0.25, 0.3) is 11.6 Å². The van der Waals surface area contributed by atoms with E-state index in [-0.39, 0.29) is 27.1 Å². The Balaban J connectivity index is 2.88. The van der Waals surface area contributed by atoms with E-state index in [1.165, 1.54) is 16.7 Å². The van der Waals surface area contributed by atoms with Gasteiger partial charge in [-0.2, -0.15) is 5.26 Å². The zero-order chi connectivity index (χ0) is 21.8. The summed E-state index contributed by atoms with van der Waals surface area (Å²) in [5.41, 5.74) is -1.00. The number of nitro groups is 1. The summed E-state index contributed by atoms with van der Waals surface area (Å²) in [6.45, 7) is 7.50. The topological polar surface area (TPSA) is 106 Å². The van der Waals surface area contributed by atoms with Crippen molar-refractivity contribution >= 4 is 34.5 Å². The summed E-state index contributed by atoms with van der Waals surface area (Å²) in [6.07, 6.45) is 2.99. The van der Waals surface area contributed by atoms with Gasteiger partial charge in [0.25, 0.3) is 11.2 Å². The summed E-state index contributed by atoms with van der Waals surface area (Å²) in [6, 6.07) is 8.10. The summed E-state index contributed by atoms with van der Waals surface area (Å²) >= 11 is 1.02. The molecule has 0 fully saturated rings. The maximum absolute atomic E-state index is 13.0. The number of nitro benzene ring substituents is 1. The molecule has 0 atom stereocenters. The fourth-order valence-corrected chi connectivity index (χ4v) is 3.83. The van der Waals surface area contributed by atoms with Crippen molar-refractivity contribution in [2.45, 2.75) is 47.1 Å². The fraction of sp³-hybridized carbons (Fsp3) is 0.381. The van der Waals surface area contributed by atoms with Gasteiger partial charge in [-0.15, -0.1) is 11.3 Å². The summed E-state index contributed by atoms with van der Waals surface area (Å²) in [4.78, 5) is 36.6. The number of hydrogen-bond donors (Lipinski definition) is 0. The number of Topliss-reactive ketones (excluding diaryl/α,β-unsaturated/α-hetero) is 1. The molecule has 0 unspecified atom stereocenters. The van der Waals surface area contributed by atoms with Crippen LogP contribution in [-0.2, 0) is 11.3 Å². The minimum Gasteiger partial charge on any atom is -0.298 e. The van der Waals surface area contributed by atoms with Crippen molar-refractivity contribution in [1.29, 1.82) is 5.26 Å². The van der Waals surface area contributed by atoms with Crippen LogP contribution in [0, 0.1) is 26.9 Å². The lowest BCUT2D eigenvalue weighted by molar-refractivity contribution is -0.385. The number of nitrogens with zero attached hydrogens (tertiary/aromatic N) is 3. The summed E-state index contributed by atoms with van der Waals surface area (Å²) in [7, 11) is 0. The van der Waals surface area contributed by atoms with Gasteiger partial charge >= 0.3 is 0 Å². The predicted octanol–water partition coefficient (Wildman–Crippen LogP) is 2.74. The Hall–Kier alpha value is -3.05. The number of nitriles is 1. The summed E-state index contributed by atoms with van der Waals surface area (Å²) in [5.74, 6) is -0.344. The molecule has 8 heteroatoms. The molecular formula is C21H23N3O4S. The number of hydrogen-bond acceptors (Lipinski definition) is 6. The lowest BCUT2D eigenvalue weighted by atomic mass is 9.87. The number of aromatic nitrogens is 1. The Kier molecular flexibility index (Phi) is 6.88. The second-order valence-corrected chi connectivity index (χ2v) is 8.64. The molecule has 2 rings (SSSR count). The first-order chi connectivity index (χ1) is 13.6. The van der Waals surface area contributed by atoms with Crippen LogP contribution >= 0.6 is 11.3 Å². The van der Waals surface area contributed by atoms with Gasteiger partial charge in [0.05, 0.1) is 15.0 Å². The molecule has 2 aromatic rings. The molecule has 0 radical (unpaired) electrons. The zero-order valence-electron chi connectivity index (χ0n) is 16.9. The van der Waals surface area contributed by atoms with Gasteiger partial charge < -0.3 is 0 Å². The summed E-state index contributed by atoms with van der Waals surface area (Å²) in [5, 5.41) is 20.9. The quantitative estimate of drug-likeness (QED) is 0.535. The molecular weight excluding hydrogens is 390 g/mol. The smallest absolute Gasteiger partial charge is 0.276 e. The van der Waals surface area contributed by atoms with Crippen LogP contribution in [0.15, 0.2) is 29.1 Å². The van der Waals surface area contributed by atoms with Gasteiger partial charge in [0.2, 0.25) is 0 Å². The molecule has 0 bridgehead atoms. The Labute approximate surface area is 172 Å². The second-order valence-electron chi connectivity index (χ2n) is 7.61. The largest absolute Gasteiger partial charge is 0.298 e. The highest BCUT2D eigenvalue weighted by molar-refractivity contribution is 7.07. The molecule has 0 spiro atoms. The SMILES string of the molecule is CCCCn1c(=O)/c(=C\c2ccccc2[N+](=O)[O-])s/c1=C(/C#N)C(=O)C(C)(C)C. The molecule has 1 aromatic carbocycles. The van der Waals surface area contributed by atoms with Gasteiger partial charge in [0.1, 0.15) is 16.3 Å². The Morgan fingerprint density at radius 1 is 1.34 bits per heavy atom. The van der Waals surface area contributed by atoms with Gasteiger partial charge in [0.15, 0.2) is 5.78 Å². The number of carbonyl (C=O) groups excluding carboxylic acids is 1. The highest BCUT2D eigenvalue weighted by atomic mass is 32.1. The highest BCUT2D eigenvalue weighted by Crippen LogP contribution is 2.20. The maximum Gasteiger partial charge on any atom is 0.276 e. The first-order valence-electron chi connectivity index (χ1n) is 9.25. The highest BCUT2D eigenvalue weighted by Gasteiger charge is 2.27. The van der Waals surface area contributed by atoms with Crippen molar-refractivity contribution in [2.75, 3.05) is 0 Å². The molecule has 1 aromatic heterocycles. The molecule has 7 nitrogen and oxygen atoms in total. The number of rotatable bonds is 6. The Morgan fingerprint density at radius 2 is 2.00 bits per heavy atom. The normalized spacial score (nSPS) is 13.1. The van der Waals surface area contributed by atoms with Crippen molar-refractivity contribution in [3.8, 4) is 6.07 Å². The Morgan fingerprint density at radius 3 is 2.55 bits per heavy atom. The maximum atomic E-state index is 13.0. The van der Waals surface area contributed by atoms with E-state index >= 15 is 0 Å². The van der Waals surface area contributed by atoms with Crippen molar-refractivity contribution < 1.29 is 9.72 Å². The average molecular weight is 413 g/mol. The van der Waals surface area contributed by atoms with Crippen LogP contribution in [0.2, 0.25) is 0 Å². The number of unbranched alkanes of at least 4 members (excludes halogenated alkanes) is 1. The van der Waals surface area contributed by atoms with E-state index in [2.05, 4.69) is 0 Å². The van der Waals surface area contributed by atoms with Crippen LogP contribution in [0.1, 0.15) is 46.1 Å². The molecule has 0 aliphatic carbocycles. The summed E-state index contributed by atoms with van der Waals surface area (Å²) < 4.78 is 1.99. The second kappa shape index (κ2) is 8.97. The number of para-hydroxylation sites is 1. The predicted molar refractivity (Wildman–Crippen MR) is 113 cm³/mol. The molecule has 1 heterocycles. The molecule has 0 aliphatic rings. The van der Waals surface area contributed by atoms with E-state index in [0.29, 0.717) is 23.2 Å². The molecule has 29 heavy (non-hydrogen) atoms. The Bertz CT molecular complexity index is 1160. The molecule has 0 N–H and O–H groups in total. The third-order valence-electron chi connectivity index (χ3n) is 4.30. The molecule has 0 amide bonds. The van der Waals surface area contributed by atoms with E-state index in [1.54, 1.807) is 39.0 Å². The van der Waals surface area contributed by atoms with Crippen molar-refractivity contribution in [3.63, 3.8) is 0 Å². The van der Waals surface area contributed by atoms with Crippen LogP contribution < -0.4 is 14.8 Å². The third-order valence-corrected chi connectivity index (χ3v) is 5.43. The van der Waals surface area contributed by atoms with E-state index in [0.717, 1.165) is 17.8 Å². The van der Waals surface area contributed by atoms with E-state index in [9.17, 15) is 25.0 Å². The van der Waals surface area contributed by atoms with E-state index < -0.39 is 10.3 Å². The van der Waals surface area contributed by atoms with Crippen LogP contribution in [0.3, 0.4) is 0 Å². The monoisotopic (exact) mass is 413 g/mol. The first-order valence-corrected chi connectivity index (χ1v) is 10.1. The lowest BCUT2D eigenvalue weighted by Crippen LogP contribution is -2.34. The average Bonchev–Trinajstić information content (AvgIpc) is 2.95. The van der Waals surface area contributed by atoms with Crippen LogP contribution in [0.5, 0.6) is 0 Å². The fourth-order valence-electron chi connectivity index (χ4n) is 2.71. The van der Waals surface area contributed by atoms with Crippen molar-refractivity contribution in [2.24, 2.45) is 5.41 Å². The minimum atomic E-state index is -0.775. The van der Waals surface area contributed by atoms with Gasteiger partial charge in [0, 0.05) is 18.0 Å². The minimum absolute atomic E-state index is 0.0575. The molecule has 0 aliphatic heterocycles. The van der Waals surface area contributed by atoms with Crippen LogP contribution in [0.4, 0.5) is 5.69 Å². The van der Waals surface area contributed by atoms with Crippen molar-refractivity contribution in [3.05, 3.63) is 59.5 Å². The molecule has 0 saturated heterocycles. The van der Waals surface area contributed by atoms with Crippen LogP contribution in [-0.4, -0.2) is 15.3 Å². The lowest BCUT2D eigenvalue weighted by Gasteiger charge is -2.15. The van der Waals surface area contributed by atoms with Gasteiger partial charge in [-0.1, -0.05) is 46.2 Å². The standard InChI is InChI=1S/C21H23N3O4S/c1-5-6-11-23-19(26)17(12-14-9-7-8-10-16(14)24(27)28)29-20(23)15(13-22)18(25)21(2,3)4/h7-10,12H,5-6,11H2,1-4H3/b17-12+,20-15-. The van der Waals surface area contributed by atoms with Gasteiger partial charge in [-0.25, -0.2) is 0 Å². The number of benzene rings is 1. The van der Waals surface area contributed by atoms with E-state index in [4.69, 9.17) is 0 Å². The third kappa shape index (κ3) is 4.87. The number of carbonyl (C=O) groups is 1. The molecule has 0 saturated carbocycles. The molecule has 152 valence electrons. The van der Waals surface area contributed by atoms with E-state index in [1.807, 2.05) is 13.0 Å². The van der Waals surface area contributed by atoms with Gasteiger partial charge in [-0.05, 0) is 18.6 Å².